The summed E-state index contributed by atoms with van der Waals surface area (Å²) in [6.07, 6.45) is 4.84. The summed E-state index contributed by atoms with van der Waals surface area (Å²) in [5.41, 5.74) is 3.42. The van der Waals surface area contributed by atoms with E-state index >= 15 is 0 Å². The molecule has 0 bridgehead atoms. The van der Waals surface area contributed by atoms with E-state index in [2.05, 4.69) is 72.3 Å². The molecule has 7 nitrogen and oxygen atoms in total. The third kappa shape index (κ3) is 5.54. The number of hydrogen-bond acceptors (Lipinski definition) is 6. The molecule has 2 aliphatic carbocycles. The van der Waals surface area contributed by atoms with Crippen LogP contribution in [-0.2, 0) is 11.3 Å². The number of nitrogens with zero attached hydrogens (tertiary/aromatic N) is 5. The van der Waals surface area contributed by atoms with E-state index in [1.807, 2.05) is 12.1 Å². The zero-order chi connectivity index (χ0) is 23.6. The number of hydrogen-bond donors (Lipinski definition) is 1. The van der Waals surface area contributed by atoms with Gasteiger partial charge in [0.15, 0.2) is 5.16 Å². The van der Waals surface area contributed by atoms with E-state index in [1.165, 1.54) is 48.7 Å². The molecule has 1 aliphatic heterocycles. The summed E-state index contributed by atoms with van der Waals surface area (Å²) in [5, 5.41) is 12.8. The Hall–Kier alpha value is -2.84. The summed E-state index contributed by atoms with van der Waals surface area (Å²) in [6, 6.07) is 19.5. The molecule has 0 atom stereocenters. The number of anilines is 2. The molecule has 2 saturated carbocycles. The first-order valence-electron chi connectivity index (χ1n) is 12.7. The molecule has 2 heterocycles. The van der Waals surface area contributed by atoms with E-state index in [-0.39, 0.29) is 5.91 Å². The number of piperazine rings is 1. The van der Waals surface area contributed by atoms with E-state index in [0.29, 0.717) is 17.7 Å². The van der Waals surface area contributed by atoms with Gasteiger partial charge in [0.1, 0.15) is 5.82 Å². The minimum Gasteiger partial charge on any atom is -0.369 e. The van der Waals surface area contributed by atoms with E-state index in [4.69, 9.17) is 0 Å². The molecular weight excluding hydrogens is 456 g/mol. The van der Waals surface area contributed by atoms with Crippen molar-refractivity contribution in [1.82, 2.24) is 19.7 Å². The fourth-order valence-corrected chi connectivity index (χ4v) is 5.58. The van der Waals surface area contributed by atoms with Crippen molar-refractivity contribution < 1.29 is 4.79 Å². The lowest BCUT2D eigenvalue weighted by molar-refractivity contribution is -0.113. The lowest BCUT2D eigenvalue weighted by Crippen LogP contribution is -2.45. The van der Waals surface area contributed by atoms with Gasteiger partial charge < -0.3 is 14.8 Å². The van der Waals surface area contributed by atoms with Crippen LogP contribution in [0.3, 0.4) is 0 Å². The van der Waals surface area contributed by atoms with E-state index in [0.717, 1.165) is 49.4 Å². The highest BCUT2D eigenvalue weighted by Crippen LogP contribution is 2.46. The number of rotatable bonds is 9. The van der Waals surface area contributed by atoms with Crippen LogP contribution in [0.4, 0.5) is 11.4 Å². The molecule has 1 amide bonds. The molecule has 3 aromatic rings. The van der Waals surface area contributed by atoms with Gasteiger partial charge in [-0.25, -0.2) is 0 Å². The van der Waals surface area contributed by atoms with Gasteiger partial charge in [0, 0.05) is 56.1 Å². The second kappa shape index (κ2) is 10.0. The maximum Gasteiger partial charge on any atom is 0.234 e. The van der Waals surface area contributed by atoms with Crippen LogP contribution in [-0.4, -0.2) is 57.5 Å². The van der Waals surface area contributed by atoms with Gasteiger partial charge in [-0.15, -0.1) is 10.2 Å². The molecule has 0 unspecified atom stereocenters. The van der Waals surface area contributed by atoms with Gasteiger partial charge in [-0.1, -0.05) is 42.1 Å². The largest absolute Gasteiger partial charge is 0.369 e. The highest BCUT2D eigenvalue weighted by atomic mass is 32.2. The number of carbonyl (C=O) groups excluding carboxylic acids is 1. The topological polar surface area (TPSA) is 66.3 Å². The van der Waals surface area contributed by atoms with Crippen LogP contribution < -0.4 is 10.2 Å². The highest BCUT2D eigenvalue weighted by Gasteiger charge is 2.36. The van der Waals surface area contributed by atoms with E-state index < -0.39 is 0 Å². The smallest absolute Gasteiger partial charge is 0.234 e. The summed E-state index contributed by atoms with van der Waals surface area (Å²) < 4.78 is 2.30. The van der Waals surface area contributed by atoms with Gasteiger partial charge in [-0.05, 0) is 55.5 Å². The van der Waals surface area contributed by atoms with Gasteiger partial charge in [0.2, 0.25) is 5.91 Å². The second-order valence-corrected chi connectivity index (χ2v) is 10.8. The van der Waals surface area contributed by atoms with Crippen molar-refractivity contribution in [2.24, 2.45) is 0 Å². The van der Waals surface area contributed by atoms with Crippen LogP contribution in [0, 0.1) is 0 Å². The minimum absolute atomic E-state index is 0.00408. The molecule has 182 valence electrons. The zero-order valence-electron chi connectivity index (χ0n) is 20.0. The average molecular weight is 489 g/mol. The van der Waals surface area contributed by atoms with Crippen molar-refractivity contribution in [3.63, 3.8) is 0 Å². The van der Waals surface area contributed by atoms with Gasteiger partial charge in [-0.3, -0.25) is 9.69 Å². The molecule has 3 fully saturated rings. The van der Waals surface area contributed by atoms with Crippen LogP contribution in [0.25, 0.3) is 0 Å². The van der Waals surface area contributed by atoms with Gasteiger partial charge in [0.25, 0.3) is 0 Å². The van der Waals surface area contributed by atoms with Crippen molar-refractivity contribution in [2.45, 2.75) is 49.3 Å². The van der Waals surface area contributed by atoms with Crippen molar-refractivity contribution >= 4 is 29.0 Å². The third-order valence-electron chi connectivity index (χ3n) is 7.02. The van der Waals surface area contributed by atoms with E-state index in [9.17, 15) is 4.79 Å². The first-order chi connectivity index (χ1) is 17.2. The standard InChI is InChI=1S/C27H32N6OS/c34-25(19-35-27-30-29-26(21-6-7-21)33(27)24-12-13-24)28-22-8-10-23(11-9-22)32-16-14-31(15-17-32)18-20-4-2-1-3-5-20/h1-5,8-11,21,24H,6-7,12-19H2,(H,28,34). The normalized spacial score (nSPS) is 18.6. The summed E-state index contributed by atoms with van der Waals surface area (Å²) in [4.78, 5) is 17.5. The summed E-state index contributed by atoms with van der Waals surface area (Å²) >= 11 is 1.50. The molecule has 8 heteroatoms. The Kier molecular flexibility index (Phi) is 6.48. The molecule has 1 saturated heterocycles. The van der Waals surface area contributed by atoms with Crippen LogP contribution in [0.1, 0.15) is 49.0 Å². The van der Waals surface area contributed by atoms with Crippen LogP contribution in [0.15, 0.2) is 59.8 Å². The van der Waals surface area contributed by atoms with Crippen LogP contribution in [0.2, 0.25) is 0 Å². The Balaban J connectivity index is 0.981. The number of aromatic nitrogens is 3. The fourth-order valence-electron chi connectivity index (χ4n) is 4.77. The molecule has 1 N–H and O–H groups in total. The predicted octanol–water partition coefficient (Wildman–Crippen LogP) is 4.54. The van der Waals surface area contributed by atoms with Gasteiger partial charge in [0.05, 0.1) is 5.75 Å². The lowest BCUT2D eigenvalue weighted by Gasteiger charge is -2.36. The van der Waals surface area contributed by atoms with E-state index in [1.54, 1.807) is 0 Å². The predicted molar refractivity (Wildman–Crippen MR) is 140 cm³/mol. The SMILES string of the molecule is O=C(CSc1nnc(C2CC2)n1C1CC1)Nc1ccc(N2CCN(Cc3ccccc3)CC2)cc1. The summed E-state index contributed by atoms with van der Waals surface area (Å²) in [5.74, 6) is 2.06. The van der Waals surface area contributed by atoms with Crippen molar-refractivity contribution in [1.29, 1.82) is 0 Å². The average Bonchev–Trinajstić information content (AvgIpc) is 3.83. The van der Waals surface area contributed by atoms with Crippen molar-refractivity contribution in [3.8, 4) is 0 Å². The quantitative estimate of drug-likeness (QED) is 0.446. The summed E-state index contributed by atoms with van der Waals surface area (Å²) in [7, 11) is 0. The number of carbonyl (C=O) groups is 1. The maximum absolute atomic E-state index is 12.6. The van der Waals surface area contributed by atoms with Crippen LogP contribution >= 0.6 is 11.8 Å². The maximum atomic E-state index is 12.6. The molecule has 3 aliphatic rings. The lowest BCUT2D eigenvalue weighted by atomic mass is 10.2. The molecule has 2 aromatic carbocycles. The highest BCUT2D eigenvalue weighted by molar-refractivity contribution is 7.99. The van der Waals surface area contributed by atoms with Crippen molar-refractivity contribution in [2.75, 3.05) is 42.1 Å². The molecule has 6 rings (SSSR count). The number of benzene rings is 2. The number of thioether (sulfide) groups is 1. The minimum atomic E-state index is -0.00408. The Morgan fingerprint density at radius 2 is 1.66 bits per heavy atom. The second-order valence-electron chi connectivity index (χ2n) is 9.85. The molecule has 35 heavy (non-hydrogen) atoms. The fraction of sp³-hybridized carbons (Fsp3) is 0.444. The zero-order valence-corrected chi connectivity index (χ0v) is 20.8. The third-order valence-corrected chi connectivity index (χ3v) is 7.96. The van der Waals surface area contributed by atoms with Gasteiger partial charge >= 0.3 is 0 Å². The monoisotopic (exact) mass is 488 g/mol. The van der Waals surface area contributed by atoms with Crippen LogP contribution in [0.5, 0.6) is 0 Å². The molecular formula is C27H32N6OS. The molecule has 0 spiro atoms. The molecule has 0 radical (unpaired) electrons. The van der Waals surface area contributed by atoms with Gasteiger partial charge in [-0.2, -0.15) is 0 Å². The first-order valence-corrected chi connectivity index (χ1v) is 13.7. The Morgan fingerprint density at radius 3 is 2.34 bits per heavy atom. The number of nitrogens with one attached hydrogen (secondary N) is 1. The summed E-state index contributed by atoms with van der Waals surface area (Å²) in [6.45, 7) is 5.15. The van der Waals surface area contributed by atoms with Crippen molar-refractivity contribution in [3.05, 3.63) is 66.0 Å². The Bertz CT molecular complexity index is 1150. The first kappa shape index (κ1) is 22.6. The Labute approximate surface area is 210 Å². The Morgan fingerprint density at radius 1 is 0.914 bits per heavy atom. The molecule has 1 aromatic heterocycles. The number of amides is 1.